The molecule has 21 heavy (non-hydrogen) atoms. The molecule has 0 spiro atoms. The highest BCUT2D eigenvalue weighted by Gasteiger charge is 2.34. The summed E-state index contributed by atoms with van der Waals surface area (Å²) in [5.74, 6) is 0.743. The summed E-state index contributed by atoms with van der Waals surface area (Å²) in [5.41, 5.74) is 1.65. The molecule has 1 heterocycles. The molecule has 0 aromatic heterocycles. The van der Waals surface area contributed by atoms with Gasteiger partial charge in [0.15, 0.2) is 0 Å². The number of piperazine rings is 1. The van der Waals surface area contributed by atoms with Crippen molar-refractivity contribution in [2.75, 3.05) is 13.1 Å². The fourth-order valence-electron chi connectivity index (χ4n) is 3.19. The van der Waals surface area contributed by atoms with Crippen molar-refractivity contribution < 1.29 is 0 Å². The summed E-state index contributed by atoms with van der Waals surface area (Å²) >= 11 is 3.59. The van der Waals surface area contributed by atoms with Crippen molar-refractivity contribution in [2.45, 2.75) is 58.7 Å². The topological polar surface area (TPSA) is 15.3 Å². The smallest absolute Gasteiger partial charge is 0.0278 e. The molecule has 2 nitrogen and oxygen atoms in total. The molecule has 1 N–H and O–H groups in total. The van der Waals surface area contributed by atoms with Crippen LogP contribution in [0.5, 0.6) is 0 Å². The van der Waals surface area contributed by atoms with Crippen LogP contribution >= 0.6 is 15.9 Å². The van der Waals surface area contributed by atoms with E-state index in [1.54, 1.807) is 0 Å². The second-order valence-electron chi connectivity index (χ2n) is 7.11. The van der Waals surface area contributed by atoms with Crippen molar-refractivity contribution in [1.82, 2.24) is 10.2 Å². The van der Waals surface area contributed by atoms with Crippen LogP contribution in [0.25, 0.3) is 0 Å². The molecule has 0 bridgehead atoms. The minimum Gasteiger partial charge on any atom is -0.309 e. The molecule has 0 saturated carbocycles. The van der Waals surface area contributed by atoms with Gasteiger partial charge >= 0.3 is 0 Å². The minimum atomic E-state index is 0.249. The lowest BCUT2D eigenvalue weighted by Crippen LogP contribution is -2.62. The van der Waals surface area contributed by atoms with Gasteiger partial charge in [-0.05, 0) is 43.4 Å². The fourth-order valence-corrected chi connectivity index (χ4v) is 3.64. The van der Waals surface area contributed by atoms with E-state index in [2.05, 4.69) is 78.1 Å². The van der Waals surface area contributed by atoms with Gasteiger partial charge in [-0.15, -0.1) is 0 Å². The van der Waals surface area contributed by atoms with E-state index in [4.69, 9.17) is 0 Å². The number of hydrogen-bond donors (Lipinski definition) is 1. The molecule has 118 valence electrons. The Bertz CT molecular complexity index is 460. The number of hydrogen-bond acceptors (Lipinski definition) is 2. The summed E-state index contributed by atoms with van der Waals surface area (Å²) < 4.78 is 1.17. The van der Waals surface area contributed by atoms with E-state index >= 15 is 0 Å². The van der Waals surface area contributed by atoms with Gasteiger partial charge in [-0.25, -0.2) is 0 Å². The molecular weight excluding hydrogens is 324 g/mol. The molecule has 1 saturated heterocycles. The predicted octanol–water partition coefficient (Wildman–Crippen LogP) is 4.44. The Balaban J connectivity index is 2.12. The Labute approximate surface area is 138 Å². The zero-order valence-corrected chi connectivity index (χ0v) is 15.4. The lowest BCUT2D eigenvalue weighted by atomic mass is 9.90. The maximum Gasteiger partial charge on any atom is 0.0278 e. The molecule has 0 radical (unpaired) electrons. The van der Waals surface area contributed by atoms with Gasteiger partial charge in [-0.2, -0.15) is 0 Å². The second-order valence-corrected chi connectivity index (χ2v) is 8.03. The van der Waals surface area contributed by atoms with Gasteiger partial charge in [0, 0.05) is 35.7 Å². The zero-order chi connectivity index (χ0) is 15.5. The maximum atomic E-state index is 3.78. The molecule has 2 rings (SSSR count). The standard InChI is InChI=1S/C18H29BrN2/c1-5-18(4)13-21(17(11-20-18)9-14(2)3)12-15-7-6-8-16(19)10-15/h6-8,10,14,17,20H,5,9,11-13H2,1-4H3. The first-order valence-corrected chi connectivity index (χ1v) is 8.94. The van der Waals surface area contributed by atoms with Crippen LogP contribution in [0, 0.1) is 5.92 Å². The van der Waals surface area contributed by atoms with Crippen LogP contribution in [0.15, 0.2) is 28.7 Å². The van der Waals surface area contributed by atoms with E-state index in [1.807, 2.05) is 0 Å². The lowest BCUT2D eigenvalue weighted by Gasteiger charge is -2.46. The Hall–Kier alpha value is -0.380. The van der Waals surface area contributed by atoms with Crippen LogP contribution in [0.4, 0.5) is 0 Å². The molecule has 1 aliphatic rings. The van der Waals surface area contributed by atoms with Crippen molar-refractivity contribution in [3.63, 3.8) is 0 Å². The highest BCUT2D eigenvalue weighted by Crippen LogP contribution is 2.25. The van der Waals surface area contributed by atoms with Crippen LogP contribution in [0.2, 0.25) is 0 Å². The molecule has 3 heteroatoms. The van der Waals surface area contributed by atoms with E-state index < -0.39 is 0 Å². The number of nitrogens with zero attached hydrogens (tertiary/aromatic N) is 1. The largest absolute Gasteiger partial charge is 0.309 e. The Morgan fingerprint density at radius 1 is 1.43 bits per heavy atom. The first-order chi connectivity index (χ1) is 9.92. The summed E-state index contributed by atoms with van der Waals surface area (Å²) in [6.07, 6.45) is 2.44. The maximum absolute atomic E-state index is 3.78. The minimum absolute atomic E-state index is 0.249. The summed E-state index contributed by atoms with van der Waals surface area (Å²) in [5, 5.41) is 3.78. The molecule has 1 fully saturated rings. The summed E-state index contributed by atoms with van der Waals surface area (Å²) in [6.45, 7) is 12.6. The molecular formula is C18H29BrN2. The van der Waals surface area contributed by atoms with Crippen LogP contribution < -0.4 is 5.32 Å². The number of benzene rings is 1. The fraction of sp³-hybridized carbons (Fsp3) is 0.667. The Kier molecular flexibility index (Phi) is 5.87. The molecule has 0 aliphatic carbocycles. The van der Waals surface area contributed by atoms with E-state index in [0.717, 1.165) is 25.6 Å². The Morgan fingerprint density at radius 2 is 2.19 bits per heavy atom. The van der Waals surface area contributed by atoms with E-state index in [0.29, 0.717) is 6.04 Å². The SMILES string of the molecule is CCC1(C)CN(Cc2cccc(Br)c2)C(CC(C)C)CN1. The third kappa shape index (κ3) is 4.80. The highest BCUT2D eigenvalue weighted by atomic mass is 79.9. The average molecular weight is 353 g/mol. The van der Waals surface area contributed by atoms with Gasteiger partial charge in [0.25, 0.3) is 0 Å². The van der Waals surface area contributed by atoms with Gasteiger partial charge in [-0.3, -0.25) is 4.90 Å². The molecule has 2 atom stereocenters. The number of rotatable bonds is 5. The molecule has 2 unspecified atom stereocenters. The van der Waals surface area contributed by atoms with Gasteiger partial charge < -0.3 is 5.32 Å². The molecule has 1 aromatic rings. The lowest BCUT2D eigenvalue weighted by molar-refractivity contribution is 0.0664. The predicted molar refractivity (Wildman–Crippen MR) is 94.5 cm³/mol. The zero-order valence-electron chi connectivity index (χ0n) is 13.8. The monoisotopic (exact) mass is 352 g/mol. The first kappa shape index (κ1) is 17.0. The van der Waals surface area contributed by atoms with Crippen molar-refractivity contribution in [3.05, 3.63) is 34.3 Å². The van der Waals surface area contributed by atoms with Gasteiger partial charge in [0.05, 0.1) is 0 Å². The average Bonchev–Trinajstić information content (AvgIpc) is 2.42. The number of halogens is 1. The molecule has 1 aliphatic heterocycles. The first-order valence-electron chi connectivity index (χ1n) is 8.15. The van der Waals surface area contributed by atoms with Crippen LogP contribution in [0.3, 0.4) is 0 Å². The van der Waals surface area contributed by atoms with Gasteiger partial charge in [0.1, 0.15) is 0 Å². The quantitative estimate of drug-likeness (QED) is 0.842. The highest BCUT2D eigenvalue weighted by molar-refractivity contribution is 9.10. The van der Waals surface area contributed by atoms with E-state index in [1.165, 1.54) is 22.9 Å². The van der Waals surface area contributed by atoms with Crippen molar-refractivity contribution in [2.24, 2.45) is 5.92 Å². The normalized spacial score (nSPS) is 27.2. The Morgan fingerprint density at radius 3 is 2.81 bits per heavy atom. The third-order valence-electron chi connectivity index (χ3n) is 4.63. The van der Waals surface area contributed by atoms with Crippen molar-refractivity contribution >= 4 is 15.9 Å². The van der Waals surface area contributed by atoms with Gasteiger partial charge in [-0.1, -0.05) is 48.8 Å². The number of nitrogens with one attached hydrogen (secondary N) is 1. The van der Waals surface area contributed by atoms with Crippen LogP contribution in [-0.2, 0) is 6.54 Å². The molecule has 0 amide bonds. The van der Waals surface area contributed by atoms with Crippen molar-refractivity contribution in [1.29, 1.82) is 0 Å². The summed E-state index contributed by atoms with van der Waals surface area (Å²) in [7, 11) is 0. The van der Waals surface area contributed by atoms with E-state index in [-0.39, 0.29) is 5.54 Å². The van der Waals surface area contributed by atoms with E-state index in [9.17, 15) is 0 Å². The second kappa shape index (κ2) is 7.26. The third-order valence-corrected chi connectivity index (χ3v) is 5.12. The molecule has 1 aromatic carbocycles. The van der Waals surface area contributed by atoms with Gasteiger partial charge in [0.2, 0.25) is 0 Å². The van der Waals surface area contributed by atoms with Crippen LogP contribution in [-0.4, -0.2) is 29.6 Å². The van der Waals surface area contributed by atoms with Crippen molar-refractivity contribution in [3.8, 4) is 0 Å². The van der Waals surface area contributed by atoms with Crippen LogP contribution in [0.1, 0.15) is 46.1 Å². The summed E-state index contributed by atoms with van der Waals surface area (Å²) in [4.78, 5) is 2.68. The summed E-state index contributed by atoms with van der Waals surface area (Å²) in [6, 6.07) is 9.37.